The minimum Gasteiger partial charge on any atom is -0.451 e. The van der Waals surface area contributed by atoms with Crippen LogP contribution in [0.2, 0.25) is 0 Å². The van der Waals surface area contributed by atoms with E-state index in [9.17, 15) is 19.2 Å². The van der Waals surface area contributed by atoms with Crippen LogP contribution in [0.3, 0.4) is 0 Å². The molecule has 3 aliphatic rings. The standard InChI is InChI=1S/C36H29BrN2O5/c1-18-4-6-22(7-5-18)33(40)20(3)44-36(43)28-17-29(38-32-19(2)14-25(37)16-27(28)32)21-10-12-26(13-11-21)39-34(41)30-23-8-9-24(15-23)31(30)35(39)42/h4-14,16-17,20,23-24,30-31H,15H2,1-3H3. The molecule has 8 heteroatoms. The number of nitrogens with zero attached hydrogens (tertiary/aromatic N) is 2. The molecule has 4 aromatic rings. The summed E-state index contributed by atoms with van der Waals surface area (Å²) in [5, 5.41) is 0.597. The number of hydrogen-bond donors (Lipinski definition) is 0. The lowest BCUT2D eigenvalue weighted by molar-refractivity contribution is -0.123. The topological polar surface area (TPSA) is 93.6 Å². The summed E-state index contributed by atoms with van der Waals surface area (Å²) >= 11 is 3.52. The van der Waals surface area contributed by atoms with Crippen molar-refractivity contribution in [2.75, 3.05) is 4.90 Å². The number of imide groups is 1. The Labute approximate surface area is 263 Å². The number of allylic oxidation sites excluding steroid dienone is 2. The first-order chi connectivity index (χ1) is 21.1. The molecule has 220 valence electrons. The van der Waals surface area contributed by atoms with Crippen molar-refractivity contribution < 1.29 is 23.9 Å². The van der Waals surface area contributed by atoms with Crippen molar-refractivity contribution in [3.63, 3.8) is 0 Å². The van der Waals surface area contributed by atoms with Crippen LogP contribution in [0.4, 0.5) is 5.69 Å². The number of rotatable bonds is 6. The zero-order valence-corrected chi connectivity index (χ0v) is 26.0. The highest BCUT2D eigenvalue weighted by atomic mass is 79.9. The zero-order valence-electron chi connectivity index (χ0n) is 24.4. The van der Waals surface area contributed by atoms with E-state index < -0.39 is 12.1 Å². The van der Waals surface area contributed by atoms with Crippen molar-refractivity contribution >= 4 is 56.1 Å². The van der Waals surface area contributed by atoms with Crippen LogP contribution in [-0.2, 0) is 14.3 Å². The molecule has 2 aliphatic carbocycles. The summed E-state index contributed by atoms with van der Waals surface area (Å²) in [5.41, 5.74) is 5.02. The van der Waals surface area contributed by atoms with Crippen LogP contribution in [-0.4, -0.2) is 34.7 Å². The highest BCUT2D eigenvalue weighted by molar-refractivity contribution is 9.10. The third kappa shape index (κ3) is 4.59. The van der Waals surface area contributed by atoms with E-state index in [0.717, 1.165) is 22.0 Å². The molecule has 0 spiro atoms. The van der Waals surface area contributed by atoms with E-state index in [0.29, 0.717) is 33.4 Å². The quantitative estimate of drug-likeness (QED) is 0.0965. The number of carbonyl (C=O) groups excluding carboxylic acids is 4. The number of pyridine rings is 1. The molecular formula is C36H29BrN2O5. The minimum absolute atomic E-state index is 0.131. The van der Waals surface area contributed by atoms with E-state index in [1.165, 1.54) is 4.90 Å². The largest absolute Gasteiger partial charge is 0.451 e. The van der Waals surface area contributed by atoms with Gasteiger partial charge in [0, 0.05) is 21.0 Å². The molecule has 44 heavy (non-hydrogen) atoms. The molecular weight excluding hydrogens is 620 g/mol. The molecule has 5 atom stereocenters. The molecule has 1 saturated heterocycles. The average molecular weight is 650 g/mol. The van der Waals surface area contributed by atoms with Gasteiger partial charge in [0.2, 0.25) is 17.6 Å². The number of carbonyl (C=O) groups is 4. The number of esters is 1. The molecule has 3 aromatic carbocycles. The smallest absolute Gasteiger partial charge is 0.339 e. The lowest BCUT2D eigenvalue weighted by Crippen LogP contribution is -2.32. The highest BCUT2D eigenvalue weighted by Gasteiger charge is 2.59. The number of benzene rings is 3. The van der Waals surface area contributed by atoms with E-state index in [-0.39, 0.29) is 46.8 Å². The first kappa shape index (κ1) is 28.3. The molecule has 5 unspecified atom stereocenters. The summed E-state index contributed by atoms with van der Waals surface area (Å²) in [4.78, 5) is 59.4. The number of anilines is 1. The Balaban J connectivity index is 1.20. The Bertz CT molecular complexity index is 1880. The molecule has 7 nitrogen and oxygen atoms in total. The molecule has 7 rings (SSSR count). The number of halogens is 1. The number of Topliss-reactive ketones (excluding diaryl/α,β-unsaturated/α-hetero) is 1. The van der Waals surface area contributed by atoms with Crippen LogP contribution in [0.1, 0.15) is 45.2 Å². The third-order valence-corrected chi connectivity index (χ3v) is 9.63. The van der Waals surface area contributed by atoms with Gasteiger partial charge in [0.15, 0.2) is 6.10 Å². The number of aryl methyl sites for hydroxylation is 2. The van der Waals surface area contributed by atoms with Crippen molar-refractivity contribution in [1.82, 2.24) is 4.98 Å². The van der Waals surface area contributed by atoms with Gasteiger partial charge in [0.1, 0.15) is 0 Å². The molecule has 1 aromatic heterocycles. The van der Waals surface area contributed by atoms with E-state index >= 15 is 0 Å². The van der Waals surface area contributed by atoms with Gasteiger partial charge in [-0.25, -0.2) is 9.78 Å². The van der Waals surface area contributed by atoms with Gasteiger partial charge in [-0.2, -0.15) is 0 Å². The van der Waals surface area contributed by atoms with Gasteiger partial charge in [-0.15, -0.1) is 0 Å². The van der Waals surface area contributed by atoms with Gasteiger partial charge in [0.05, 0.1) is 34.3 Å². The number of ketones is 1. The van der Waals surface area contributed by atoms with Gasteiger partial charge < -0.3 is 4.74 Å². The second-order valence-electron chi connectivity index (χ2n) is 12.0. The fourth-order valence-corrected chi connectivity index (χ4v) is 7.51. The molecule has 0 radical (unpaired) electrons. The van der Waals surface area contributed by atoms with Crippen molar-refractivity contribution in [3.05, 3.63) is 106 Å². The fourth-order valence-electron chi connectivity index (χ4n) is 6.94. The maximum atomic E-state index is 13.6. The molecule has 1 aliphatic heterocycles. The van der Waals surface area contributed by atoms with Crippen LogP contribution >= 0.6 is 15.9 Å². The van der Waals surface area contributed by atoms with Crippen molar-refractivity contribution in [1.29, 1.82) is 0 Å². The average Bonchev–Trinajstić information content (AvgIpc) is 3.70. The van der Waals surface area contributed by atoms with E-state index in [4.69, 9.17) is 9.72 Å². The van der Waals surface area contributed by atoms with Crippen LogP contribution in [0.25, 0.3) is 22.2 Å². The SMILES string of the molecule is Cc1ccc(C(=O)C(C)OC(=O)c2cc(-c3ccc(N4C(=O)C5C6C=CC(C6)C5C4=O)cc3)nc3c(C)cc(Br)cc23)cc1. The van der Waals surface area contributed by atoms with Crippen molar-refractivity contribution in [2.24, 2.45) is 23.7 Å². The number of amides is 2. The van der Waals surface area contributed by atoms with E-state index in [1.807, 2.05) is 38.1 Å². The summed E-state index contributed by atoms with van der Waals surface area (Å²) in [6.07, 6.45) is 4.05. The van der Waals surface area contributed by atoms with Crippen LogP contribution in [0.5, 0.6) is 0 Å². The maximum absolute atomic E-state index is 13.6. The Hall–Kier alpha value is -4.43. The Morgan fingerprint density at radius 1 is 0.909 bits per heavy atom. The summed E-state index contributed by atoms with van der Waals surface area (Å²) < 4.78 is 6.50. The van der Waals surface area contributed by atoms with Crippen molar-refractivity contribution in [2.45, 2.75) is 33.3 Å². The minimum atomic E-state index is -0.995. The number of fused-ring (bicyclic) bond motifs is 6. The predicted molar refractivity (Wildman–Crippen MR) is 170 cm³/mol. The summed E-state index contributed by atoms with van der Waals surface area (Å²) in [6.45, 7) is 5.42. The molecule has 2 heterocycles. The van der Waals surface area contributed by atoms with Crippen LogP contribution in [0.15, 0.2) is 83.4 Å². The maximum Gasteiger partial charge on any atom is 0.339 e. The lowest BCUT2D eigenvalue weighted by Gasteiger charge is -2.18. The molecule has 0 N–H and O–H groups in total. The van der Waals surface area contributed by atoms with E-state index in [1.54, 1.807) is 49.4 Å². The Morgan fingerprint density at radius 2 is 1.55 bits per heavy atom. The van der Waals surface area contributed by atoms with Gasteiger partial charge in [-0.3, -0.25) is 19.3 Å². The van der Waals surface area contributed by atoms with E-state index in [2.05, 4.69) is 28.1 Å². The number of hydrogen-bond acceptors (Lipinski definition) is 6. The van der Waals surface area contributed by atoms with Crippen molar-refractivity contribution in [3.8, 4) is 11.3 Å². The van der Waals surface area contributed by atoms with Gasteiger partial charge in [0.25, 0.3) is 0 Å². The van der Waals surface area contributed by atoms with Gasteiger partial charge in [-0.05, 0) is 74.9 Å². The molecule has 2 bridgehead atoms. The normalized spacial score (nSPS) is 22.5. The fraction of sp³-hybridized carbons (Fsp3) is 0.250. The van der Waals surface area contributed by atoms with Crippen LogP contribution < -0.4 is 4.90 Å². The summed E-state index contributed by atoms with van der Waals surface area (Å²) in [6, 6.07) is 19.6. The Morgan fingerprint density at radius 3 is 2.18 bits per heavy atom. The second kappa shape index (κ2) is 10.6. The number of ether oxygens (including phenoxy) is 1. The monoisotopic (exact) mass is 648 g/mol. The second-order valence-corrected chi connectivity index (χ2v) is 12.9. The lowest BCUT2D eigenvalue weighted by atomic mass is 9.85. The summed E-state index contributed by atoms with van der Waals surface area (Å²) in [5.74, 6) is -1.44. The first-order valence-electron chi connectivity index (χ1n) is 14.7. The first-order valence-corrected chi connectivity index (χ1v) is 15.5. The van der Waals surface area contributed by atoms with Gasteiger partial charge in [-0.1, -0.05) is 70.0 Å². The third-order valence-electron chi connectivity index (χ3n) is 9.17. The zero-order chi connectivity index (χ0) is 30.9. The molecule has 2 fully saturated rings. The summed E-state index contributed by atoms with van der Waals surface area (Å²) in [7, 11) is 0. The van der Waals surface area contributed by atoms with Crippen LogP contribution in [0, 0.1) is 37.5 Å². The molecule has 1 saturated carbocycles. The van der Waals surface area contributed by atoms with Gasteiger partial charge >= 0.3 is 5.97 Å². The predicted octanol–water partition coefficient (Wildman–Crippen LogP) is 7.02. The molecule has 2 amide bonds. The Kier molecular flexibility index (Phi) is 6.85. The highest BCUT2D eigenvalue weighted by Crippen LogP contribution is 2.53. The number of aromatic nitrogens is 1.